The Labute approximate surface area is 175 Å². The highest BCUT2D eigenvalue weighted by molar-refractivity contribution is 7.89. The van der Waals surface area contributed by atoms with E-state index in [0.717, 1.165) is 5.56 Å². The molecule has 0 unspecified atom stereocenters. The summed E-state index contributed by atoms with van der Waals surface area (Å²) in [5.74, 6) is -0.524. The second-order valence-electron chi connectivity index (χ2n) is 6.94. The first-order valence-corrected chi connectivity index (χ1v) is 11.3. The first kappa shape index (κ1) is 21.1. The molecular formula is C20H22Cl2N2O3S. The summed E-state index contributed by atoms with van der Waals surface area (Å²) < 4.78 is 27.1. The molecule has 0 bridgehead atoms. The molecule has 0 saturated carbocycles. The van der Waals surface area contributed by atoms with Crippen LogP contribution in [-0.4, -0.2) is 31.7 Å². The molecule has 1 heterocycles. The summed E-state index contributed by atoms with van der Waals surface area (Å²) in [4.78, 5) is 12.9. The SMILES string of the molecule is C[C@H](NC(=O)[C@@H]1CCCN(S(=O)(=O)c2ccc(Cl)cc2)C1)c1ccc(Cl)cc1. The fourth-order valence-electron chi connectivity index (χ4n) is 3.30. The molecule has 1 aliphatic heterocycles. The zero-order valence-electron chi connectivity index (χ0n) is 15.4. The summed E-state index contributed by atoms with van der Waals surface area (Å²) in [5, 5.41) is 4.10. The second kappa shape index (κ2) is 8.82. The Morgan fingerprint density at radius 1 is 1.07 bits per heavy atom. The lowest BCUT2D eigenvalue weighted by molar-refractivity contribution is -0.126. The van der Waals surface area contributed by atoms with E-state index in [9.17, 15) is 13.2 Å². The Hall–Kier alpha value is -1.60. The summed E-state index contributed by atoms with van der Waals surface area (Å²) in [6.45, 7) is 2.47. The van der Waals surface area contributed by atoms with Gasteiger partial charge in [-0.05, 0) is 61.7 Å². The van der Waals surface area contributed by atoms with E-state index < -0.39 is 10.0 Å². The zero-order chi connectivity index (χ0) is 20.3. The van der Waals surface area contributed by atoms with Crippen molar-refractivity contribution in [1.82, 2.24) is 9.62 Å². The molecule has 0 radical (unpaired) electrons. The number of rotatable bonds is 5. The lowest BCUT2D eigenvalue weighted by Crippen LogP contribution is -2.45. The second-order valence-corrected chi connectivity index (χ2v) is 9.75. The van der Waals surface area contributed by atoms with E-state index in [1.54, 1.807) is 24.3 Å². The summed E-state index contributed by atoms with van der Waals surface area (Å²) in [6.07, 6.45) is 1.30. The highest BCUT2D eigenvalue weighted by atomic mass is 35.5. The van der Waals surface area contributed by atoms with Gasteiger partial charge in [0, 0.05) is 23.1 Å². The van der Waals surface area contributed by atoms with Crippen LogP contribution in [0.3, 0.4) is 0 Å². The average molecular weight is 441 g/mol. The lowest BCUT2D eigenvalue weighted by atomic mass is 9.98. The molecule has 150 valence electrons. The van der Waals surface area contributed by atoms with E-state index in [-0.39, 0.29) is 29.3 Å². The van der Waals surface area contributed by atoms with Crippen LogP contribution >= 0.6 is 23.2 Å². The Morgan fingerprint density at radius 3 is 2.25 bits per heavy atom. The van der Waals surface area contributed by atoms with Gasteiger partial charge < -0.3 is 5.32 Å². The molecule has 5 nitrogen and oxygen atoms in total. The number of carbonyl (C=O) groups is 1. The first-order chi connectivity index (χ1) is 13.3. The zero-order valence-corrected chi connectivity index (χ0v) is 17.8. The smallest absolute Gasteiger partial charge is 0.243 e. The van der Waals surface area contributed by atoms with Crippen LogP contribution in [0.5, 0.6) is 0 Å². The molecule has 1 N–H and O–H groups in total. The number of sulfonamides is 1. The summed E-state index contributed by atoms with van der Waals surface area (Å²) >= 11 is 11.8. The van der Waals surface area contributed by atoms with Crippen molar-refractivity contribution in [2.75, 3.05) is 13.1 Å². The van der Waals surface area contributed by atoms with E-state index in [2.05, 4.69) is 5.32 Å². The van der Waals surface area contributed by atoms with E-state index >= 15 is 0 Å². The molecule has 0 aromatic heterocycles. The molecule has 3 rings (SSSR count). The third-order valence-electron chi connectivity index (χ3n) is 4.94. The number of hydrogen-bond acceptors (Lipinski definition) is 3. The van der Waals surface area contributed by atoms with Gasteiger partial charge in [-0.15, -0.1) is 0 Å². The average Bonchev–Trinajstić information content (AvgIpc) is 2.69. The number of benzene rings is 2. The fraction of sp³-hybridized carbons (Fsp3) is 0.350. The minimum atomic E-state index is -3.65. The van der Waals surface area contributed by atoms with Gasteiger partial charge in [0.2, 0.25) is 15.9 Å². The highest BCUT2D eigenvalue weighted by Gasteiger charge is 2.33. The lowest BCUT2D eigenvalue weighted by Gasteiger charge is -2.32. The van der Waals surface area contributed by atoms with Crippen LogP contribution in [0.4, 0.5) is 0 Å². The maximum absolute atomic E-state index is 12.9. The van der Waals surface area contributed by atoms with Crippen LogP contribution < -0.4 is 5.32 Å². The summed E-state index contributed by atoms with van der Waals surface area (Å²) in [5.41, 5.74) is 0.944. The Balaban J connectivity index is 1.67. The van der Waals surface area contributed by atoms with Crippen molar-refractivity contribution in [2.24, 2.45) is 5.92 Å². The molecule has 0 aliphatic carbocycles. The van der Waals surface area contributed by atoms with Crippen molar-refractivity contribution < 1.29 is 13.2 Å². The fourth-order valence-corrected chi connectivity index (χ4v) is 5.07. The number of carbonyl (C=O) groups excluding carboxylic acids is 1. The van der Waals surface area contributed by atoms with E-state index in [4.69, 9.17) is 23.2 Å². The third kappa shape index (κ3) is 4.87. The Morgan fingerprint density at radius 2 is 1.64 bits per heavy atom. The topological polar surface area (TPSA) is 66.5 Å². The largest absolute Gasteiger partial charge is 0.349 e. The monoisotopic (exact) mass is 440 g/mol. The van der Waals surface area contributed by atoms with Crippen molar-refractivity contribution >= 4 is 39.1 Å². The van der Waals surface area contributed by atoms with Crippen molar-refractivity contribution in [1.29, 1.82) is 0 Å². The van der Waals surface area contributed by atoms with Gasteiger partial charge >= 0.3 is 0 Å². The molecule has 1 amide bonds. The van der Waals surface area contributed by atoms with Crippen LogP contribution in [0.1, 0.15) is 31.4 Å². The normalized spacial score (nSPS) is 19.2. The maximum atomic E-state index is 12.9. The van der Waals surface area contributed by atoms with Gasteiger partial charge in [0.1, 0.15) is 0 Å². The molecule has 1 saturated heterocycles. The quantitative estimate of drug-likeness (QED) is 0.754. The molecule has 1 aliphatic rings. The molecule has 2 aromatic carbocycles. The van der Waals surface area contributed by atoms with Crippen LogP contribution in [-0.2, 0) is 14.8 Å². The molecule has 2 atom stereocenters. The van der Waals surface area contributed by atoms with Gasteiger partial charge in [-0.25, -0.2) is 8.42 Å². The van der Waals surface area contributed by atoms with Crippen molar-refractivity contribution in [3.05, 3.63) is 64.1 Å². The van der Waals surface area contributed by atoms with Gasteiger partial charge in [-0.3, -0.25) is 4.79 Å². The first-order valence-electron chi connectivity index (χ1n) is 9.09. The summed E-state index contributed by atoms with van der Waals surface area (Å²) in [6, 6.07) is 13.2. The predicted molar refractivity (Wildman–Crippen MR) is 111 cm³/mol. The van der Waals surface area contributed by atoms with E-state index in [1.807, 2.05) is 19.1 Å². The minimum Gasteiger partial charge on any atom is -0.349 e. The van der Waals surface area contributed by atoms with Crippen LogP contribution in [0.25, 0.3) is 0 Å². The van der Waals surface area contributed by atoms with Crippen LogP contribution in [0, 0.1) is 5.92 Å². The molecule has 0 spiro atoms. The predicted octanol–water partition coefficient (Wildman–Crippen LogP) is 4.27. The number of halogens is 2. The van der Waals surface area contributed by atoms with Crippen molar-refractivity contribution in [2.45, 2.75) is 30.7 Å². The van der Waals surface area contributed by atoms with E-state index in [0.29, 0.717) is 29.4 Å². The van der Waals surface area contributed by atoms with Gasteiger partial charge in [-0.1, -0.05) is 35.3 Å². The van der Waals surface area contributed by atoms with Gasteiger partial charge in [-0.2, -0.15) is 4.31 Å². The minimum absolute atomic E-state index is 0.140. The third-order valence-corrected chi connectivity index (χ3v) is 7.32. The van der Waals surface area contributed by atoms with Gasteiger partial charge in [0.05, 0.1) is 16.9 Å². The molecule has 1 fully saturated rings. The highest BCUT2D eigenvalue weighted by Crippen LogP contribution is 2.25. The van der Waals surface area contributed by atoms with Crippen molar-refractivity contribution in [3.63, 3.8) is 0 Å². The molecule has 8 heteroatoms. The van der Waals surface area contributed by atoms with Crippen LogP contribution in [0.15, 0.2) is 53.4 Å². The number of nitrogens with zero attached hydrogens (tertiary/aromatic N) is 1. The summed E-state index contributed by atoms with van der Waals surface area (Å²) in [7, 11) is -3.65. The Bertz CT molecular complexity index is 931. The van der Waals surface area contributed by atoms with Gasteiger partial charge in [0.25, 0.3) is 0 Å². The van der Waals surface area contributed by atoms with Crippen LogP contribution in [0.2, 0.25) is 10.0 Å². The molecular weight excluding hydrogens is 419 g/mol. The molecule has 2 aromatic rings. The molecule has 28 heavy (non-hydrogen) atoms. The number of piperidine rings is 1. The van der Waals surface area contributed by atoms with E-state index in [1.165, 1.54) is 16.4 Å². The Kier molecular flexibility index (Phi) is 6.65. The maximum Gasteiger partial charge on any atom is 0.243 e. The standard InChI is InChI=1S/C20H22Cl2N2O3S/c1-14(15-4-6-17(21)7-5-15)23-20(25)16-3-2-12-24(13-16)28(26,27)19-10-8-18(22)9-11-19/h4-11,14,16H,2-3,12-13H2,1H3,(H,23,25)/t14-,16+/m0/s1. The van der Waals surface area contributed by atoms with Crippen molar-refractivity contribution in [3.8, 4) is 0 Å². The number of amides is 1. The number of nitrogens with one attached hydrogen (secondary N) is 1. The van der Waals surface area contributed by atoms with Gasteiger partial charge in [0.15, 0.2) is 0 Å². The number of hydrogen-bond donors (Lipinski definition) is 1.